The molecule has 2 aromatic rings. The number of hydrogen-bond donors (Lipinski definition) is 2. The van der Waals surface area contributed by atoms with Gasteiger partial charge >= 0.3 is 0 Å². The van der Waals surface area contributed by atoms with Crippen LogP contribution in [0.3, 0.4) is 0 Å². The molecule has 0 spiro atoms. The lowest BCUT2D eigenvalue weighted by Crippen LogP contribution is -2.41. The van der Waals surface area contributed by atoms with Crippen LogP contribution >= 0.6 is 28.3 Å². The van der Waals surface area contributed by atoms with Gasteiger partial charge in [0, 0.05) is 16.9 Å². The molecule has 3 N–H and O–H groups in total. The number of benzene rings is 1. The Kier molecular flexibility index (Phi) is 7.75. The fourth-order valence-electron chi connectivity index (χ4n) is 2.05. The number of anilines is 1. The number of rotatable bonds is 6. The molecule has 0 saturated carbocycles. The molecule has 2 atom stereocenters. The van der Waals surface area contributed by atoms with Gasteiger partial charge in [-0.2, -0.15) is 0 Å². The average molecular weight is 402 g/mol. The van der Waals surface area contributed by atoms with E-state index < -0.39 is 6.04 Å². The summed E-state index contributed by atoms with van der Waals surface area (Å²) in [4.78, 5) is 16.4. The van der Waals surface area contributed by atoms with Gasteiger partial charge in [0.1, 0.15) is 0 Å². The quantitative estimate of drug-likeness (QED) is 0.779. The van der Waals surface area contributed by atoms with Gasteiger partial charge < -0.3 is 10.3 Å². The van der Waals surface area contributed by atoms with Crippen LogP contribution in [-0.2, 0) is 11.3 Å². The van der Waals surface area contributed by atoms with Crippen molar-refractivity contribution in [2.75, 3.05) is 5.32 Å². The van der Waals surface area contributed by atoms with Crippen LogP contribution in [0.15, 0.2) is 41.1 Å². The summed E-state index contributed by atoms with van der Waals surface area (Å²) in [5.74, 6) is 0.458. The SMILES string of the molecule is CCC(C)C(N)C(=O)Nc1nccn1Cc1ccc(Br)cc1.Cl. The highest BCUT2D eigenvalue weighted by molar-refractivity contribution is 9.10. The van der Waals surface area contributed by atoms with Gasteiger partial charge in [0.05, 0.1) is 12.6 Å². The Morgan fingerprint density at radius 3 is 2.65 bits per heavy atom. The Hall–Kier alpha value is -1.37. The van der Waals surface area contributed by atoms with Crippen molar-refractivity contribution in [3.8, 4) is 0 Å². The van der Waals surface area contributed by atoms with E-state index in [2.05, 4.69) is 26.2 Å². The summed E-state index contributed by atoms with van der Waals surface area (Å²) < 4.78 is 2.93. The van der Waals surface area contributed by atoms with Crippen LogP contribution in [0.2, 0.25) is 0 Å². The highest BCUT2D eigenvalue weighted by Gasteiger charge is 2.20. The number of halogens is 2. The van der Waals surface area contributed by atoms with E-state index in [1.165, 1.54) is 0 Å². The Morgan fingerprint density at radius 2 is 2.04 bits per heavy atom. The van der Waals surface area contributed by atoms with Gasteiger partial charge in [-0.3, -0.25) is 10.1 Å². The molecule has 7 heteroatoms. The summed E-state index contributed by atoms with van der Waals surface area (Å²) in [7, 11) is 0. The molecule has 0 saturated heterocycles. The first-order valence-electron chi connectivity index (χ1n) is 7.33. The molecule has 5 nitrogen and oxygen atoms in total. The van der Waals surface area contributed by atoms with Crippen molar-refractivity contribution in [2.45, 2.75) is 32.9 Å². The van der Waals surface area contributed by atoms with Gasteiger partial charge in [0.2, 0.25) is 11.9 Å². The van der Waals surface area contributed by atoms with Gasteiger partial charge in [-0.25, -0.2) is 4.98 Å². The molecule has 1 amide bonds. The maximum Gasteiger partial charge on any atom is 0.243 e. The van der Waals surface area contributed by atoms with Crippen LogP contribution in [0.25, 0.3) is 0 Å². The Bertz CT molecular complexity index is 629. The highest BCUT2D eigenvalue weighted by Crippen LogP contribution is 2.14. The lowest BCUT2D eigenvalue weighted by Gasteiger charge is -2.18. The molecule has 0 aliphatic heterocycles. The molecule has 23 heavy (non-hydrogen) atoms. The average Bonchev–Trinajstić information content (AvgIpc) is 2.94. The molecular formula is C16H22BrClN4O. The van der Waals surface area contributed by atoms with Gasteiger partial charge in [-0.05, 0) is 23.6 Å². The van der Waals surface area contributed by atoms with Crippen molar-refractivity contribution >= 4 is 40.2 Å². The minimum atomic E-state index is -0.525. The van der Waals surface area contributed by atoms with Crippen molar-refractivity contribution in [3.05, 3.63) is 46.7 Å². The lowest BCUT2D eigenvalue weighted by molar-refractivity contribution is -0.118. The van der Waals surface area contributed by atoms with E-state index in [1.807, 2.05) is 48.9 Å². The molecule has 2 rings (SSSR count). The second-order valence-corrected chi connectivity index (χ2v) is 6.32. The normalized spacial score (nSPS) is 13.0. The summed E-state index contributed by atoms with van der Waals surface area (Å²) in [5, 5.41) is 2.82. The van der Waals surface area contributed by atoms with Crippen molar-refractivity contribution in [1.29, 1.82) is 0 Å². The minimum absolute atomic E-state index is 0. The number of nitrogens with one attached hydrogen (secondary N) is 1. The molecule has 1 aromatic heterocycles. The van der Waals surface area contributed by atoms with Gasteiger partial charge in [0.15, 0.2) is 0 Å². The molecule has 2 unspecified atom stereocenters. The van der Waals surface area contributed by atoms with E-state index in [1.54, 1.807) is 6.20 Å². The number of nitrogens with zero attached hydrogens (tertiary/aromatic N) is 2. The highest BCUT2D eigenvalue weighted by atomic mass is 79.9. The van der Waals surface area contributed by atoms with Crippen LogP contribution < -0.4 is 11.1 Å². The Labute approximate surface area is 151 Å². The topological polar surface area (TPSA) is 72.9 Å². The van der Waals surface area contributed by atoms with Crippen LogP contribution in [-0.4, -0.2) is 21.5 Å². The largest absolute Gasteiger partial charge is 0.320 e. The fraction of sp³-hybridized carbons (Fsp3) is 0.375. The summed E-state index contributed by atoms with van der Waals surface area (Å²) in [6.45, 7) is 4.63. The van der Waals surface area contributed by atoms with Crippen molar-refractivity contribution in [3.63, 3.8) is 0 Å². The molecular weight excluding hydrogens is 380 g/mol. The number of carbonyl (C=O) groups excluding carboxylic acids is 1. The first kappa shape index (κ1) is 19.7. The third kappa shape index (κ3) is 5.34. The molecule has 1 heterocycles. The molecule has 0 aliphatic carbocycles. The number of hydrogen-bond acceptors (Lipinski definition) is 3. The van der Waals surface area contributed by atoms with E-state index >= 15 is 0 Å². The predicted octanol–water partition coefficient (Wildman–Crippen LogP) is 3.43. The molecule has 0 radical (unpaired) electrons. The summed E-state index contributed by atoms with van der Waals surface area (Å²) in [6.07, 6.45) is 4.37. The van der Waals surface area contributed by atoms with E-state index in [4.69, 9.17) is 5.73 Å². The van der Waals surface area contributed by atoms with Crippen molar-refractivity contribution in [2.24, 2.45) is 11.7 Å². The second-order valence-electron chi connectivity index (χ2n) is 5.41. The summed E-state index contributed by atoms with van der Waals surface area (Å²) >= 11 is 3.42. The Morgan fingerprint density at radius 1 is 1.39 bits per heavy atom. The van der Waals surface area contributed by atoms with Crippen LogP contribution in [0.5, 0.6) is 0 Å². The van der Waals surface area contributed by atoms with Crippen LogP contribution in [0, 0.1) is 5.92 Å². The maximum absolute atomic E-state index is 12.2. The van der Waals surface area contributed by atoms with Gasteiger partial charge in [-0.15, -0.1) is 12.4 Å². The van der Waals surface area contributed by atoms with Crippen molar-refractivity contribution in [1.82, 2.24) is 9.55 Å². The van der Waals surface area contributed by atoms with Crippen LogP contribution in [0.4, 0.5) is 5.95 Å². The molecule has 0 aliphatic rings. The molecule has 0 bridgehead atoms. The Balaban J connectivity index is 0.00000264. The van der Waals surface area contributed by atoms with Gasteiger partial charge in [0.25, 0.3) is 0 Å². The first-order chi connectivity index (χ1) is 10.5. The number of amides is 1. The molecule has 0 fully saturated rings. The van der Waals surface area contributed by atoms with Crippen LogP contribution in [0.1, 0.15) is 25.8 Å². The lowest BCUT2D eigenvalue weighted by atomic mass is 10.00. The fourth-order valence-corrected chi connectivity index (χ4v) is 2.32. The predicted molar refractivity (Wildman–Crippen MR) is 98.8 cm³/mol. The van der Waals surface area contributed by atoms with E-state index in [0.29, 0.717) is 12.5 Å². The third-order valence-electron chi connectivity index (χ3n) is 3.78. The van der Waals surface area contributed by atoms with E-state index in [0.717, 1.165) is 16.5 Å². The number of aromatic nitrogens is 2. The minimum Gasteiger partial charge on any atom is -0.320 e. The third-order valence-corrected chi connectivity index (χ3v) is 4.31. The second kappa shape index (κ2) is 9.05. The van der Waals surface area contributed by atoms with E-state index in [-0.39, 0.29) is 24.2 Å². The summed E-state index contributed by atoms with van der Waals surface area (Å²) in [5.41, 5.74) is 7.08. The zero-order chi connectivity index (χ0) is 16.1. The smallest absolute Gasteiger partial charge is 0.243 e. The number of nitrogens with two attached hydrogens (primary N) is 1. The number of imidazole rings is 1. The maximum atomic E-state index is 12.2. The zero-order valence-electron chi connectivity index (χ0n) is 13.2. The standard InChI is InChI=1S/C16H21BrN4O.ClH/c1-3-11(2)14(18)15(22)20-16-19-8-9-21(16)10-12-4-6-13(17)7-5-12;/h4-9,11,14H,3,10,18H2,1-2H3,(H,19,20,22);1H. The molecule has 126 valence electrons. The van der Waals surface area contributed by atoms with E-state index in [9.17, 15) is 4.79 Å². The first-order valence-corrected chi connectivity index (χ1v) is 8.12. The number of carbonyl (C=O) groups is 1. The summed E-state index contributed by atoms with van der Waals surface area (Å²) in [6, 6.07) is 7.51. The van der Waals surface area contributed by atoms with Crippen molar-refractivity contribution < 1.29 is 4.79 Å². The zero-order valence-corrected chi connectivity index (χ0v) is 15.6. The van der Waals surface area contributed by atoms with Gasteiger partial charge in [-0.1, -0.05) is 48.3 Å². The molecule has 1 aromatic carbocycles. The monoisotopic (exact) mass is 400 g/mol.